The highest BCUT2D eigenvalue weighted by Gasteiger charge is 2.42. The molecule has 7 heteroatoms. The van der Waals surface area contributed by atoms with Crippen LogP contribution >= 0.6 is 11.8 Å². The molecule has 2 aliphatic heterocycles. The van der Waals surface area contributed by atoms with Gasteiger partial charge in [-0.25, -0.2) is 9.79 Å². The van der Waals surface area contributed by atoms with Gasteiger partial charge in [0.2, 0.25) is 5.91 Å². The Morgan fingerprint density at radius 2 is 2.08 bits per heavy atom. The summed E-state index contributed by atoms with van der Waals surface area (Å²) in [4.78, 5) is 31.0. The van der Waals surface area contributed by atoms with Crippen molar-refractivity contribution in [2.45, 2.75) is 19.4 Å². The topological polar surface area (TPSA) is 68.2 Å². The van der Waals surface area contributed by atoms with Crippen molar-refractivity contribution in [2.75, 3.05) is 20.0 Å². The number of nitrogens with zero attached hydrogens (tertiary/aromatic N) is 2. The summed E-state index contributed by atoms with van der Waals surface area (Å²) in [7, 11) is 2.89. The molecule has 126 valence electrons. The third kappa shape index (κ3) is 2.69. The van der Waals surface area contributed by atoms with Crippen molar-refractivity contribution >= 4 is 28.8 Å². The zero-order valence-corrected chi connectivity index (χ0v) is 14.6. The summed E-state index contributed by atoms with van der Waals surface area (Å²) in [5.41, 5.74) is 1.66. The zero-order chi connectivity index (χ0) is 17.3. The van der Waals surface area contributed by atoms with E-state index in [1.165, 1.54) is 18.9 Å². The number of allylic oxidation sites excluding steroid dienone is 1. The smallest absolute Gasteiger partial charge is 0.338 e. The fourth-order valence-electron chi connectivity index (χ4n) is 2.95. The molecule has 1 aromatic carbocycles. The van der Waals surface area contributed by atoms with Gasteiger partial charge in [0.05, 0.1) is 25.5 Å². The Kier molecular flexibility index (Phi) is 4.62. The van der Waals surface area contributed by atoms with E-state index in [2.05, 4.69) is 4.99 Å². The molecule has 1 aromatic rings. The van der Waals surface area contributed by atoms with Crippen molar-refractivity contribution in [1.82, 2.24) is 4.90 Å². The number of ether oxygens (including phenoxy) is 2. The number of aliphatic imine (C=N–C) groups is 1. The molecule has 2 heterocycles. The lowest BCUT2D eigenvalue weighted by Gasteiger charge is -2.39. The zero-order valence-electron chi connectivity index (χ0n) is 13.7. The van der Waals surface area contributed by atoms with Crippen molar-refractivity contribution < 1.29 is 19.1 Å². The molecule has 0 N–H and O–H groups in total. The molecular formula is C17H18N2O4S. The molecule has 0 spiro atoms. The second-order valence-corrected chi connectivity index (χ2v) is 6.45. The lowest BCUT2D eigenvalue weighted by Crippen LogP contribution is -2.45. The van der Waals surface area contributed by atoms with Crippen molar-refractivity contribution in [3.8, 4) is 5.75 Å². The predicted molar refractivity (Wildman–Crippen MR) is 91.8 cm³/mol. The molecule has 0 aliphatic carbocycles. The predicted octanol–water partition coefficient (Wildman–Crippen LogP) is 2.52. The van der Waals surface area contributed by atoms with Crippen LogP contribution < -0.4 is 4.74 Å². The van der Waals surface area contributed by atoms with Crippen LogP contribution in [0.4, 0.5) is 0 Å². The number of hydrogen-bond donors (Lipinski definition) is 0. The molecule has 1 saturated heterocycles. The molecule has 1 amide bonds. The third-order valence-electron chi connectivity index (χ3n) is 4.05. The van der Waals surface area contributed by atoms with Crippen molar-refractivity contribution in [3.63, 3.8) is 0 Å². The number of fused-ring (bicyclic) bond motifs is 1. The largest absolute Gasteiger partial charge is 0.496 e. The summed E-state index contributed by atoms with van der Waals surface area (Å²) in [5.74, 6) is 0.751. The lowest BCUT2D eigenvalue weighted by atomic mass is 9.93. The number of benzene rings is 1. The summed E-state index contributed by atoms with van der Waals surface area (Å²) in [5, 5.41) is 0.618. The monoisotopic (exact) mass is 346 g/mol. The number of carbonyl (C=O) groups excluding carboxylic acids is 2. The molecule has 0 aromatic heterocycles. The molecule has 1 unspecified atom stereocenters. The first-order valence-electron chi connectivity index (χ1n) is 7.54. The quantitative estimate of drug-likeness (QED) is 0.787. The van der Waals surface area contributed by atoms with Crippen LogP contribution in [0, 0.1) is 0 Å². The average molecular weight is 346 g/mol. The molecule has 3 rings (SSSR count). The van der Waals surface area contributed by atoms with E-state index in [9.17, 15) is 9.59 Å². The molecule has 6 nitrogen and oxygen atoms in total. The normalized spacial score (nSPS) is 20.5. The van der Waals surface area contributed by atoms with Gasteiger partial charge in [-0.1, -0.05) is 30.0 Å². The molecule has 1 fully saturated rings. The standard InChI is InChI=1S/C17H18N2O4S/c1-10-14(16(21)23-3)15(11-6-4-5-7-12(11)22-2)19-13(20)8-9-24-17(19)18-10/h4-7,15H,8-9H2,1-3H3. The van der Waals surface area contributed by atoms with E-state index in [4.69, 9.17) is 9.47 Å². The van der Waals surface area contributed by atoms with Gasteiger partial charge in [0.1, 0.15) is 11.8 Å². The van der Waals surface area contributed by atoms with Crippen LogP contribution in [0.5, 0.6) is 5.75 Å². The summed E-state index contributed by atoms with van der Waals surface area (Å²) in [6, 6.07) is 6.78. The Hall–Kier alpha value is -2.28. The SMILES string of the molecule is COC(=O)C1=C(C)N=C2SCCC(=O)N2C1c1ccccc1OC. The van der Waals surface area contributed by atoms with Crippen LogP contribution in [0.1, 0.15) is 24.9 Å². The Bertz CT molecular complexity index is 757. The average Bonchev–Trinajstić information content (AvgIpc) is 2.60. The van der Waals surface area contributed by atoms with E-state index in [0.717, 1.165) is 5.56 Å². The van der Waals surface area contributed by atoms with E-state index < -0.39 is 12.0 Å². The maximum absolute atomic E-state index is 12.6. The number of carbonyl (C=O) groups is 2. The number of amides is 1. The number of methoxy groups -OCH3 is 2. The Labute approximate surface area is 144 Å². The fraction of sp³-hybridized carbons (Fsp3) is 0.353. The lowest BCUT2D eigenvalue weighted by molar-refractivity contribution is -0.137. The Balaban J connectivity index is 2.22. The van der Waals surface area contributed by atoms with E-state index >= 15 is 0 Å². The highest BCUT2D eigenvalue weighted by atomic mass is 32.2. The fourth-order valence-corrected chi connectivity index (χ4v) is 3.96. The van der Waals surface area contributed by atoms with Crippen LogP contribution in [0.2, 0.25) is 0 Å². The molecule has 0 bridgehead atoms. The number of hydrogen-bond acceptors (Lipinski definition) is 6. The van der Waals surface area contributed by atoms with E-state index in [1.54, 1.807) is 18.9 Å². The van der Waals surface area contributed by atoms with Gasteiger partial charge in [0.15, 0.2) is 5.17 Å². The molecule has 24 heavy (non-hydrogen) atoms. The first-order chi connectivity index (χ1) is 11.6. The van der Waals surface area contributed by atoms with Gasteiger partial charge in [-0.05, 0) is 13.0 Å². The third-order valence-corrected chi connectivity index (χ3v) is 5.00. The van der Waals surface area contributed by atoms with E-state index in [-0.39, 0.29) is 5.91 Å². The molecule has 2 aliphatic rings. The van der Waals surface area contributed by atoms with Gasteiger partial charge < -0.3 is 9.47 Å². The van der Waals surface area contributed by atoms with Gasteiger partial charge >= 0.3 is 5.97 Å². The van der Waals surface area contributed by atoms with Crippen molar-refractivity contribution in [1.29, 1.82) is 0 Å². The molecule has 0 radical (unpaired) electrons. The first kappa shape index (κ1) is 16.6. The van der Waals surface area contributed by atoms with Crippen LogP contribution in [0.3, 0.4) is 0 Å². The number of rotatable bonds is 3. The number of para-hydroxylation sites is 1. The van der Waals surface area contributed by atoms with Gasteiger partial charge in [0, 0.05) is 17.7 Å². The Morgan fingerprint density at radius 3 is 2.79 bits per heavy atom. The summed E-state index contributed by atoms with van der Waals surface area (Å²) < 4.78 is 10.4. The van der Waals surface area contributed by atoms with Crippen LogP contribution in [-0.2, 0) is 14.3 Å². The second kappa shape index (κ2) is 6.68. The highest BCUT2D eigenvalue weighted by Crippen LogP contribution is 2.42. The number of esters is 1. The van der Waals surface area contributed by atoms with E-state index in [0.29, 0.717) is 34.4 Å². The van der Waals surface area contributed by atoms with Gasteiger partial charge in [-0.15, -0.1) is 0 Å². The number of thioether (sulfide) groups is 1. The first-order valence-corrected chi connectivity index (χ1v) is 8.52. The maximum Gasteiger partial charge on any atom is 0.338 e. The minimum atomic E-state index is -0.596. The summed E-state index contributed by atoms with van der Waals surface area (Å²) >= 11 is 1.52. The summed E-state index contributed by atoms with van der Waals surface area (Å²) in [6.07, 6.45) is 0.406. The molecule has 0 saturated carbocycles. The number of amidine groups is 1. The van der Waals surface area contributed by atoms with Crippen molar-refractivity contribution in [2.24, 2.45) is 4.99 Å². The minimum Gasteiger partial charge on any atom is -0.496 e. The minimum absolute atomic E-state index is 0.0580. The Morgan fingerprint density at radius 1 is 1.33 bits per heavy atom. The van der Waals surface area contributed by atoms with Crippen LogP contribution in [0.25, 0.3) is 0 Å². The van der Waals surface area contributed by atoms with Crippen LogP contribution in [-0.4, -0.2) is 41.9 Å². The van der Waals surface area contributed by atoms with Gasteiger partial charge in [-0.2, -0.15) is 0 Å². The highest BCUT2D eigenvalue weighted by molar-refractivity contribution is 8.14. The van der Waals surface area contributed by atoms with E-state index in [1.807, 2.05) is 24.3 Å². The van der Waals surface area contributed by atoms with Crippen molar-refractivity contribution in [3.05, 3.63) is 41.1 Å². The van der Waals surface area contributed by atoms with Gasteiger partial charge in [0.25, 0.3) is 0 Å². The van der Waals surface area contributed by atoms with Gasteiger partial charge in [-0.3, -0.25) is 9.69 Å². The molecular weight excluding hydrogens is 328 g/mol. The van der Waals surface area contributed by atoms with Crippen LogP contribution in [0.15, 0.2) is 40.5 Å². The molecule has 1 atom stereocenters. The maximum atomic E-state index is 12.6. The summed E-state index contributed by atoms with van der Waals surface area (Å²) in [6.45, 7) is 1.76. The second-order valence-electron chi connectivity index (χ2n) is 5.39.